The van der Waals surface area contributed by atoms with Gasteiger partial charge >= 0.3 is 11.8 Å². The highest BCUT2D eigenvalue weighted by molar-refractivity contribution is 6.35. The molecule has 8 heteroatoms. The van der Waals surface area contributed by atoms with Crippen LogP contribution in [0.4, 0.5) is 5.69 Å². The van der Waals surface area contributed by atoms with E-state index in [2.05, 4.69) is 32.6 Å². The molecule has 2 N–H and O–H groups in total. The van der Waals surface area contributed by atoms with E-state index >= 15 is 0 Å². The lowest BCUT2D eigenvalue weighted by Gasteiger charge is -2.39. The van der Waals surface area contributed by atoms with Crippen molar-refractivity contribution in [2.45, 2.75) is 12.6 Å². The summed E-state index contributed by atoms with van der Waals surface area (Å²) in [7, 11) is 1.57. The smallest absolute Gasteiger partial charge is 0.309 e. The Bertz CT molecular complexity index is 1060. The lowest BCUT2D eigenvalue weighted by molar-refractivity contribution is -0.139. The first-order valence-electron chi connectivity index (χ1n) is 11.4. The van der Waals surface area contributed by atoms with Crippen molar-refractivity contribution in [2.24, 2.45) is 0 Å². The average Bonchev–Trinajstić information content (AvgIpc) is 3.43. The minimum atomic E-state index is -0.682. The fourth-order valence-corrected chi connectivity index (χ4v) is 4.20. The zero-order valence-corrected chi connectivity index (χ0v) is 19.3. The summed E-state index contributed by atoms with van der Waals surface area (Å²) < 4.78 is 11.0. The Kier molecular flexibility index (Phi) is 7.83. The Morgan fingerprint density at radius 3 is 2.32 bits per heavy atom. The number of benzene rings is 2. The Balaban J connectivity index is 1.32. The van der Waals surface area contributed by atoms with Crippen molar-refractivity contribution in [3.05, 3.63) is 84.3 Å². The van der Waals surface area contributed by atoms with E-state index in [0.717, 1.165) is 37.5 Å². The Morgan fingerprint density at radius 1 is 0.912 bits per heavy atom. The number of amides is 2. The second-order valence-corrected chi connectivity index (χ2v) is 8.09. The normalized spacial score (nSPS) is 14.9. The van der Waals surface area contributed by atoms with E-state index in [-0.39, 0.29) is 19.1 Å². The summed E-state index contributed by atoms with van der Waals surface area (Å²) in [6, 6.07) is 21.3. The Hall–Kier alpha value is -3.78. The lowest BCUT2D eigenvalue weighted by Crippen LogP contribution is -2.50. The second kappa shape index (κ2) is 11.4. The van der Waals surface area contributed by atoms with Crippen LogP contribution in [0.25, 0.3) is 0 Å². The molecule has 3 aromatic rings. The summed E-state index contributed by atoms with van der Waals surface area (Å²) in [6.07, 6.45) is 1.63. The van der Waals surface area contributed by atoms with Crippen LogP contribution in [0.1, 0.15) is 17.4 Å². The van der Waals surface area contributed by atoms with Crippen molar-refractivity contribution in [1.29, 1.82) is 0 Å². The molecule has 1 atom stereocenters. The van der Waals surface area contributed by atoms with E-state index < -0.39 is 11.8 Å². The van der Waals surface area contributed by atoms with E-state index in [1.165, 1.54) is 5.69 Å². The first-order valence-corrected chi connectivity index (χ1v) is 11.4. The summed E-state index contributed by atoms with van der Waals surface area (Å²) >= 11 is 0. The zero-order chi connectivity index (χ0) is 23.8. The van der Waals surface area contributed by atoms with Crippen LogP contribution in [0.3, 0.4) is 0 Å². The van der Waals surface area contributed by atoms with Gasteiger partial charge in [-0.3, -0.25) is 14.5 Å². The molecule has 0 bridgehead atoms. The first kappa shape index (κ1) is 23.4. The topological polar surface area (TPSA) is 87.0 Å². The van der Waals surface area contributed by atoms with Gasteiger partial charge < -0.3 is 24.7 Å². The van der Waals surface area contributed by atoms with E-state index in [1.54, 1.807) is 13.4 Å². The zero-order valence-electron chi connectivity index (χ0n) is 19.3. The summed E-state index contributed by atoms with van der Waals surface area (Å²) in [4.78, 5) is 29.5. The fourth-order valence-electron chi connectivity index (χ4n) is 4.20. The van der Waals surface area contributed by atoms with Gasteiger partial charge in [0.1, 0.15) is 11.5 Å². The van der Waals surface area contributed by atoms with Crippen molar-refractivity contribution in [3.8, 4) is 5.75 Å². The average molecular weight is 463 g/mol. The number of carbonyl (C=O) groups excluding carboxylic acids is 2. The molecule has 2 aromatic carbocycles. The van der Waals surface area contributed by atoms with Gasteiger partial charge in [0.05, 0.1) is 19.4 Å². The molecule has 178 valence electrons. The molecular weight excluding hydrogens is 432 g/mol. The molecule has 2 heterocycles. The van der Waals surface area contributed by atoms with Gasteiger partial charge in [-0.05, 0) is 30.3 Å². The van der Waals surface area contributed by atoms with Gasteiger partial charge in [-0.15, -0.1) is 0 Å². The van der Waals surface area contributed by atoms with Gasteiger partial charge in [0.2, 0.25) is 0 Å². The number of nitrogens with one attached hydrogen (secondary N) is 2. The monoisotopic (exact) mass is 462 g/mol. The van der Waals surface area contributed by atoms with Crippen molar-refractivity contribution in [3.63, 3.8) is 0 Å². The number of furan rings is 1. The van der Waals surface area contributed by atoms with Gasteiger partial charge in [0, 0.05) is 50.5 Å². The summed E-state index contributed by atoms with van der Waals surface area (Å²) in [5.41, 5.74) is 2.01. The minimum Gasteiger partial charge on any atom is -0.496 e. The molecule has 4 rings (SSSR count). The number of methoxy groups -OCH3 is 1. The highest BCUT2D eigenvalue weighted by atomic mass is 16.5. The van der Waals surface area contributed by atoms with Crippen molar-refractivity contribution >= 4 is 17.5 Å². The largest absolute Gasteiger partial charge is 0.496 e. The maximum Gasteiger partial charge on any atom is 0.309 e. The number of hydrogen-bond donors (Lipinski definition) is 2. The molecule has 0 radical (unpaired) electrons. The van der Waals surface area contributed by atoms with Crippen molar-refractivity contribution in [2.75, 3.05) is 44.7 Å². The number of piperazine rings is 1. The number of hydrogen-bond acceptors (Lipinski definition) is 6. The summed E-state index contributed by atoms with van der Waals surface area (Å²) in [6.45, 7) is 3.86. The van der Waals surface area contributed by atoms with Crippen LogP contribution in [0, 0.1) is 0 Å². The first-order chi connectivity index (χ1) is 16.7. The molecule has 1 aliphatic rings. The second-order valence-electron chi connectivity index (χ2n) is 8.09. The molecule has 1 aliphatic heterocycles. The quantitative estimate of drug-likeness (QED) is 0.501. The van der Waals surface area contributed by atoms with Gasteiger partial charge in [-0.1, -0.05) is 36.4 Å². The standard InChI is InChI=1S/C26H30N4O4/c1-33-23-11-6-5-8-20(23)18-27-25(31)26(32)28-19-22(24-12-7-17-34-24)30-15-13-29(14-16-30)21-9-3-2-4-10-21/h2-12,17,22H,13-16,18-19H2,1H3,(H,27,31)(H,28,32)/t22-/m0/s1. The molecule has 1 aromatic heterocycles. The van der Waals surface area contributed by atoms with Gasteiger partial charge in [0.15, 0.2) is 0 Å². The minimum absolute atomic E-state index is 0.154. The number of carbonyl (C=O) groups is 2. The third-order valence-corrected chi connectivity index (χ3v) is 6.04. The van der Waals surface area contributed by atoms with Crippen LogP contribution in [-0.2, 0) is 16.1 Å². The maximum absolute atomic E-state index is 12.5. The molecule has 0 unspecified atom stereocenters. The third-order valence-electron chi connectivity index (χ3n) is 6.04. The molecular formula is C26H30N4O4. The fraction of sp³-hybridized carbons (Fsp3) is 0.308. The van der Waals surface area contributed by atoms with Gasteiger partial charge in [-0.2, -0.15) is 0 Å². The van der Waals surface area contributed by atoms with Crippen molar-refractivity contribution in [1.82, 2.24) is 15.5 Å². The molecule has 8 nitrogen and oxygen atoms in total. The van der Waals surface area contributed by atoms with E-state index in [9.17, 15) is 9.59 Å². The molecule has 0 aliphatic carbocycles. The summed E-state index contributed by atoms with van der Waals surface area (Å²) in [5, 5.41) is 5.44. The van der Waals surface area contributed by atoms with Crippen LogP contribution >= 0.6 is 0 Å². The predicted octanol–water partition coefficient (Wildman–Crippen LogP) is 2.58. The Labute approximate surface area is 199 Å². The Morgan fingerprint density at radius 2 is 1.62 bits per heavy atom. The van der Waals surface area contributed by atoms with Gasteiger partial charge in [0.25, 0.3) is 0 Å². The molecule has 34 heavy (non-hydrogen) atoms. The van der Waals surface area contributed by atoms with Crippen LogP contribution in [0.15, 0.2) is 77.4 Å². The van der Waals surface area contributed by atoms with E-state index in [0.29, 0.717) is 5.75 Å². The van der Waals surface area contributed by atoms with Crippen LogP contribution in [0.2, 0.25) is 0 Å². The van der Waals surface area contributed by atoms with E-state index in [1.807, 2.05) is 54.6 Å². The number of anilines is 1. The highest BCUT2D eigenvalue weighted by Gasteiger charge is 2.28. The van der Waals surface area contributed by atoms with Crippen LogP contribution in [-0.4, -0.2) is 56.5 Å². The number of rotatable bonds is 8. The van der Waals surface area contributed by atoms with Crippen molar-refractivity contribution < 1.29 is 18.7 Å². The molecule has 1 fully saturated rings. The van der Waals surface area contributed by atoms with E-state index in [4.69, 9.17) is 9.15 Å². The molecule has 1 saturated heterocycles. The van der Waals surface area contributed by atoms with Crippen LogP contribution in [0.5, 0.6) is 5.75 Å². The number of nitrogens with zero attached hydrogens (tertiary/aromatic N) is 2. The molecule has 2 amide bonds. The maximum atomic E-state index is 12.5. The summed E-state index contributed by atoms with van der Waals surface area (Å²) in [5.74, 6) is 0.0750. The predicted molar refractivity (Wildman–Crippen MR) is 130 cm³/mol. The SMILES string of the molecule is COc1ccccc1CNC(=O)C(=O)NC[C@@H](c1ccco1)N1CCN(c2ccccc2)CC1. The number of ether oxygens (including phenoxy) is 1. The number of para-hydroxylation sites is 2. The molecule has 0 saturated carbocycles. The van der Waals surface area contributed by atoms with Crippen LogP contribution < -0.4 is 20.3 Å². The third kappa shape index (κ3) is 5.77. The van der Waals surface area contributed by atoms with Gasteiger partial charge in [-0.25, -0.2) is 0 Å². The lowest BCUT2D eigenvalue weighted by atomic mass is 10.1. The highest BCUT2D eigenvalue weighted by Crippen LogP contribution is 2.24. The molecule has 0 spiro atoms.